The van der Waals surface area contributed by atoms with E-state index in [4.69, 9.17) is 9.47 Å². The van der Waals surface area contributed by atoms with Crippen molar-refractivity contribution < 1.29 is 19.1 Å². The third-order valence-corrected chi connectivity index (χ3v) is 5.26. The number of hydrogen-bond acceptors (Lipinski definition) is 4. The first-order valence-electron chi connectivity index (χ1n) is 10.8. The van der Waals surface area contributed by atoms with Crippen LogP contribution in [0.5, 0.6) is 5.75 Å². The van der Waals surface area contributed by atoms with Crippen molar-refractivity contribution in [2.24, 2.45) is 5.92 Å². The second kappa shape index (κ2) is 11.8. The fourth-order valence-electron chi connectivity index (χ4n) is 3.34. The molecular formula is C23H36N2O4. The molecule has 1 heterocycles. The maximum atomic E-state index is 12.6. The topological polar surface area (TPSA) is 67.9 Å². The Labute approximate surface area is 174 Å². The zero-order valence-electron chi connectivity index (χ0n) is 18.3. The van der Waals surface area contributed by atoms with Crippen LogP contribution in [0.4, 0.5) is 0 Å². The number of nitrogens with one attached hydrogen (secondary N) is 1. The molecule has 1 aliphatic rings. The fraction of sp³-hybridized carbons (Fsp3) is 0.652. The summed E-state index contributed by atoms with van der Waals surface area (Å²) in [5.41, 5.74) is 0.881. The second-order valence-corrected chi connectivity index (χ2v) is 8.08. The van der Waals surface area contributed by atoms with Gasteiger partial charge in [-0.3, -0.25) is 9.59 Å². The minimum Gasteiger partial charge on any atom is -0.483 e. The maximum absolute atomic E-state index is 12.6. The summed E-state index contributed by atoms with van der Waals surface area (Å²) in [5.74, 6) is 1.06. The first-order valence-corrected chi connectivity index (χ1v) is 10.8. The van der Waals surface area contributed by atoms with Crippen LogP contribution in [-0.2, 0) is 14.3 Å². The van der Waals surface area contributed by atoms with Crippen molar-refractivity contribution >= 4 is 11.8 Å². The Morgan fingerprint density at radius 2 is 1.83 bits per heavy atom. The summed E-state index contributed by atoms with van der Waals surface area (Å²) in [6, 6.07) is 7.39. The minimum absolute atomic E-state index is 0.0153. The third-order valence-electron chi connectivity index (χ3n) is 5.26. The average molecular weight is 405 g/mol. The molecule has 0 spiro atoms. The molecule has 0 aliphatic carbocycles. The summed E-state index contributed by atoms with van der Waals surface area (Å²) < 4.78 is 11.5. The average Bonchev–Trinajstić information content (AvgIpc) is 3.25. The Balaban J connectivity index is 1.95. The van der Waals surface area contributed by atoms with Crippen LogP contribution in [0.25, 0.3) is 0 Å². The van der Waals surface area contributed by atoms with Crippen LogP contribution in [0.2, 0.25) is 0 Å². The second-order valence-electron chi connectivity index (χ2n) is 8.08. The SMILES string of the molecule is CCC(NC(=O)C(C)OCCC(C)C)c1ccccc1OCC(=O)N1CCCC1. The van der Waals surface area contributed by atoms with Crippen molar-refractivity contribution in [3.63, 3.8) is 0 Å². The van der Waals surface area contributed by atoms with Crippen LogP contribution in [0.1, 0.15) is 65.0 Å². The molecule has 0 aromatic heterocycles. The molecule has 6 nitrogen and oxygen atoms in total. The van der Waals surface area contributed by atoms with Crippen LogP contribution in [0.15, 0.2) is 24.3 Å². The van der Waals surface area contributed by atoms with Gasteiger partial charge < -0.3 is 19.7 Å². The quantitative estimate of drug-likeness (QED) is 0.611. The summed E-state index contributed by atoms with van der Waals surface area (Å²) in [4.78, 5) is 26.7. The van der Waals surface area contributed by atoms with E-state index in [1.807, 2.05) is 36.1 Å². The van der Waals surface area contributed by atoms with Crippen molar-refractivity contribution in [3.05, 3.63) is 29.8 Å². The number of carbonyl (C=O) groups excluding carboxylic acids is 2. The summed E-state index contributed by atoms with van der Waals surface area (Å²) in [6.07, 6.45) is 3.25. The van der Waals surface area contributed by atoms with Gasteiger partial charge in [-0.1, -0.05) is 39.0 Å². The smallest absolute Gasteiger partial charge is 0.260 e. The highest BCUT2D eigenvalue weighted by atomic mass is 16.5. The van der Waals surface area contributed by atoms with Gasteiger partial charge in [0.1, 0.15) is 11.9 Å². The fourth-order valence-corrected chi connectivity index (χ4v) is 3.34. The van der Waals surface area contributed by atoms with E-state index in [-0.39, 0.29) is 24.5 Å². The molecule has 0 bridgehead atoms. The summed E-state index contributed by atoms with van der Waals surface area (Å²) >= 11 is 0. The van der Waals surface area contributed by atoms with Gasteiger partial charge in [0.25, 0.3) is 5.91 Å². The predicted octanol–water partition coefficient (Wildman–Crippen LogP) is 3.71. The van der Waals surface area contributed by atoms with Gasteiger partial charge in [0.2, 0.25) is 5.91 Å². The van der Waals surface area contributed by atoms with Gasteiger partial charge in [0.05, 0.1) is 6.04 Å². The lowest BCUT2D eigenvalue weighted by atomic mass is 10.0. The highest BCUT2D eigenvalue weighted by Crippen LogP contribution is 2.27. The lowest BCUT2D eigenvalue weighted by molar-refractivity contribution is -0.133. The molecule has 2 unspecified atom stereocenters. The molecule has 0 saturated carbocycles. The van der Waals surface area contributed by atoms with E-state index in [9.17, 15) is 9.59 Å². The maximum Gasteiger partial charge on any atom is 0.260 e. The summed E-state index contributed by atoms with van der Waals surface area (Å²) in [5, 5.41) is 3.06. The normalized spacial score (nSPS) is 16.0. The highest BCUT2D eigenvalue weighted by Gasteiger charge is 2.22. The number of benzene rings is 1. The first kappa shape index (κ1) is 23.2. The van der Waals surface area contributed by atoms with Crippen LogP contribution in [0, 0.1) is 5.92 Å². The molecule has 0 radical (unpaired) electrons. The molecule has 1 saturated heterocycles. The van der Waals surface area contributed by atoms with E-state index in [0.29, 0.717) is 24.7 Å². The van der Waals surface area contributed by atoms with Gasteiger partial charge >= 0.3 is 0 Å². The van der Waals surface area contributed by atoms with Crippen LogP contribution >= 0.6 is 0 Å². The van der Waals surface area contributed by atoms with E-state index in [1.54, 1.807) is 6.92 Å². The third kappa shape index (κ3) is 7.35. The van der Waals surface area contributed by atoms with Crippen LogP contribution < -0.4 is 10.1 Å². The molecule has 162 valence electrons. The molecule has 1 fully saturated rings. The number of nitrogens with zero attached hydrogens (tertiary/aromatic N) is 1. The van der Waals surface area contributed by atoms with Crippen molar-refractivity contribution in [2.75, 3.05) is 26.3 Å². The molecule has 2 rings (SSSR count). The zero-order valence-corrected chi connectivity index (χ0v) is 18.3. The number of carbonyl (C=O) groups is 2. The van der Waals surface area contributed by atoms with Gasteiger partial charge in [0, 0.05) is 25.3 Å². The molecule has 1 aromatic carbocycles. The highest BCUT2D eigenvalue weighted by molar-refractivity contribution is 5.81. The van der Waals surface area contributed by atoms with Gasteiger partial charge in [-0.25, -0.2) is 0 Å². The van der Waals surface area contributed by atoms with E-state index in [1.165, 1.54) is 0 Å². The molecule has 1 N–H and O–H groups in total. The van der Waals surface area contributed by atoms with Crippen molar-refractivity contribution in [1.29, 1.82) is 0 Å². The molecule has 1 aromatic rings. The number of hydrogen-bond donors (Lipinski definition) is 1. The van der Waals surface area contributed by atoms with Crippen molar-refractivity contribution in [1.82, 2.24) is 10.2 Å². The van der Waals surface area contributed by atoms with Crippen LogP contribution in [0.3, 0.4) is 0 Å². The van der Waals surface area contributed by atoms with E-state index in [0.717, 1.165) is 37.9 Å². The van der Waals surface area contributed by atoms with Crippen LogP contribution in [-0.4, -0.2) is 49.1 Å². The molecular weight excluding hydrogens is 368 g/mol. The number of ether oxygens (including phenoxy) is 2. The van der Waals surface area contributed by atoms with E-state index in [2.05, 4.69) is 19.2 Å². The van der Waals surface area contributed by atoms with Crippen molar-refractivity contribution in [2.45, 2.75) is 65.5 Å². The summed E-state index contributed by atoms with van der Waals surface area (Å²) in [7, 11) is 0. The molecule has 2 atom stereocenters. The largest absolute Gasteiger partial charge is 0.483 e. The lowest BCUT2D eigenvalue weighted by Gasteiger charge is -2.23. The van der Waals surface area contributed by atoms with Crippen molar-refractivity contribution in [3.8, 4) is 5.75 Å². The van der Waals surface area contributed by atoms with Gasteiger partial charge in [-0.2, -0.15) is 0 Å². The number of rotatable bonds is 11. The van der Waals surface area contributed by atoms with Gasteiger partial charge in [-0.15, -0.1) is 0 Å². The molecule has 1 aliphatic heterocycles. The predicted molar refractivity (Wildman–Crippen MR) is 114 cm³/mol. The van der Waals surface area contributed by atoms with Gasteiger partial charge in [-0.05, 0) is 44.6 Å². The molecule has 2 amide bonds. The first-order chi connectivity index (χ1) is 13.9. The number of likely N-dealkylation sites (tertiary alicyclic amines) is 1. The molecule has 6 heteroatoms. The minimum atomic E-state index is -0.507. The Morgan fingerprint density at radius 1 is 1.14 bits per heavy atom. The standard InChI is InChI=1S/C23H36N2O4/c1-5-20(24-23(27)18(4)28-15-12-17(2)3)19-10-6-7-11-21(19)29-16-22(26)25-13-8-9-14-25/h6-7,10-11,17-18,20H,5,8-9,12-16H2,1-4H3,(H,24,27). The zero-order chi connectivity index (χ0) is 21.2. The van der Waals surface area contributed by atoms with E-state index >= 15 is 0 Å². The molecule has 29 heavy (non-hydrogen) atoms. The Hall–Kier alpha value is -2.08. The monoisotopic (exact) mass is 404 g/mol. The number of para-hydroxylation sites is 1. The Bertz CT molecular complexity index is 656. The van der Waals surface area contributed by atoms with Gasteiger partial charge in [0.15, 0.2) is 6.61 Å². The Kier molecular flexibility index (Phi) is 9.45. The number of amides is 2. The summed E-state index contributed by atoms with van der Waals surface area (Å²) in [6.45, 7) is 10.3. The Morgan fingerprint density at radius 3 is 2.48 bits per heavy atom. The van der Waals surface area contributed by atoms with E-state index < -0.39 is 6.10 Å². The lowest BCUT2D eigenvalue weighted by Crippen LogP contribution is -2.37.